The number of rotatable bonds is 2. The highest BCUT2D eigenvalue weighted by Gasteiger charge is 2.22. The Morgan fingerprint density at radius 3 is 2.72 bits per heavy atom. The van der Waals surface area contributed by atoms with E-state index in [9.17, 15) is 4.39 Å². The highest BCUT2D eigenvalue weighted by Crippen LogP contribution is 2.35. The van der Waals surface area contributed by atoms with E-state index in [0.29, 0.717) is 11.6 Å². The Labute approximate surface area is 112 Å². The molecule has 1 aliphatic rings. The number of anilines is 3. The van der Waals surface area contributed by atoms with Crippen molar-refractivity contribution in [3.8, 4) is 0 Å². The van der Waals surface area contributed by atoms with Gasteiger partial charge in [-0.15, -0.1) is 0 Å². The Morgan fingerprint density at radius 2 is 2.06 bits per heavy atom. The van der Waals surface area contributed by atoms with Crippen molar-refractivity contribution in [1.82, 2.24) is 0 Å². The fraction of sp³-hybridized carbons (Fsp3) is 0.538. The number of nitrogen functional groups attached to an aromatic ring is 2. The molecule has 3 nitrogen and oxygen atoms in total. The minimum absolute atomic E-state index is 0.0597. The quantitative estimate of drug-likeness (QED) is 0.720. The molecule has 0 saturated heterocycles. The van der Waals surface area contributed by atoms with Gasteiger partial charge < -0.3 is 16.8 Å². The fourth-order valence-electron chi connectivity index (χ4n) is 2.58. The van der Waals surface area contributed by atoms with Crippen LogP contribution in [0, 0.1) is 11.7 Å². The highest BCUT2D eigenvalue weighted by molar-refractivity contribution is 6.33. The minimum atomic E-state index is -0.549. The van der Waals surface area contributed by atoms with E-state index in [1.807, 2.05) is 0 Å². The van der Waals surface area contributed by atoms with Crippen molar-refractivity contribution in [2.24, 2.45) is 5.92 Å². The standard InChI is InChI=1S/C13H19ClFN3/c1-7-3-2-4-8(5-7)18-13-10(17)6-9(16)11(14)12(13)15/h6-8,18H,2-5,16-17H2,1H3. The number of nitrogens with one attached hydrogen (secondary N) is 1. The average molecular weight is 272 g/mol. The van der Waals surface area contributed by atoms with E-state index in [2.05, 4.69) is 12.2 Å². The summed E-state index contributed by atoms with van der Waals surface area (Å²) in [5.41, 5.74) is 12.1. The first kappa shape index (κ1) is 13.3. The summed E-state index contributed by atoms with van der Waals surface area (Å²) in [5, 5.41) is 3.12. The van der Waals surface area contributed by atoms with Gasteiger partial charge in [0.1, 0.15) is 5.02 Å². The maximum atomic E-state index is 14.0. The van der Waals surface area contributed by atoms with Crippen molar-refractivity contribution >= 4 is 28.7 Å². The normalized spacial score (nSPS) is 23.9. The van der Waals surface area contributed by atoms with Gasteiger partial charge in [0.15, 0.2) is 5.82 Å². The number of nitrogens with two attached hydrogens (primary N) is 2. The topological polar surface area (TPSA) is 64.1 Å². The zero-order valence-corrected chi connectivity index (χ0v) is 11.2. The molecule has 0 amide bonds. The molecule has 0 aliphatic heterocycles. The van der Waals surface area contributed by atoms with E-state index in [4.69, 9.17) is 23.1 Å². The van der Waals surface area contributed by atoms with Crippen molar-refractivity contribution in [2.75, 3.05) is 16.8 Å². The molecule has 1 fully saturated rings. The van der Waals surface area contributed by atoms with Crippen LogP contribution in [0.5, 0.6) is 0 Å². The van der Waals surface area contributed by atoms with E-state index >= 15 is 0 Å². The predicted molar refractivity (Wildman–Crippen MR) is 75.3 cm³/mol. The number of hydrogen-bond donors (Lipinski definition) is 3. The summed E-state index contributed by atoms with van der Waals surface area (Å²) in [6, 6.07) is 1.75. The number of hydrogen-bond acceptors (Lipinski definition) is 3. The third kappa shape index (κ3) is 2.64. The van der Waals surface area contributed by atoms with Gasteiger partial charge in [0, 0.05) is 6.04 Å². The van der Waals surface area contributed by atoms with E-state index < -0.39 is 5.82 Å². The third-order valence-corrected chi connectivity index (χ3v) is 3.93. The van der Waals surface area contributed by atoms with Gasteiger partial charge in [-0.1, -0.05) is 31.4 Å². The molecule has 2 rings (SSSR count). The number of halogens is 2. The first-order valence-corrected chi connectivity index (χ1v) is 6.66. The van der Waals surface area contributed by atoms with Crippen molar-refractivity contribution in [3.63, 3.8) is 0 Å². The smallest absolute Gasteiger partial charge is 0.169 e. The summed E-state index contributed by atoms with van der Waals surface area (Å²) < 4.78 is 14.0. The first-order chi connectivity index (χ1) is 8.49. The molecule has 5 heteroatoms. The van der Waals surface area contributed by atoms with Crippen LogP contribution < -0.4 is 16.8 Å². The van der Waals surface area contributed by atoms with E-state index in [0.717, 1.165) is 19.3 Å². The molecule has 0 heterocycles. The van der Waals surface area contributed by atoms with Crippen LogP contribution in [-0.4, -0.2) is 6.04 Å². The largest absolute Gasteiger partial charge is 0.397 e. The van der Waals surface area contributed by atoms with Crippen LogP contribution in [0.2, 0.25) is 5.02 Å². The second-order valence-electron chi connectivity index (χ2n) is 5.17. The maximum absolute atomic E-state index is 14.0. The molecular weight excluding hydrogens is 253 g/mol. The fourth-order valence-corrected chi connectivity index (χ4v) is 2.73. The van der Waals surface area contributed by atoms with Gasteiger partial charge in [-0.2, -0.15) is 0 Å². The van der Waals surface area contributed by atoms with Gasteiger partial charge in [-0.25, -0.2) is 4.39 Å². The molecule has 18 heavy (non-hydrogen) atoms. The second-order valence-corrected chi connectivity index (χ2v) is 5.55. The van der Waals surface area contributed by atoms with Gasteiger partial charge in [0.2, 0.25) is 0 Å². The lowest BCUT2D eigenvalue weighted by molar-refractivity contribution is 0.358. The summed E-state index contributed by atoms with van der Waals surface area (Å²) in [6.45, 7) is 2.21. The molecule has 1 saturated carbocycles. The Bertz CT molecular complexity index is 450. The molecule has 0 radical (unpaired) electrons. The van der Waals surface area contributed by atoms with Crippen LogP contribution in [0.15, 0.2) is 6.07 Å². The molecule has 100 valence electrons. The van der Waals surface area contributed by atoms with Crippen LogP contribution in [0.4, 0.5) is 21.5 Å². The molecule has 1 aromatic carbocycles. The summed E-state index contributed by atoms with van der Waals surface area (Å²) in [7, 11) is 0. The highest BCUT2D eigenvalue weighted by atomic mass is 35.5. The van der Waals surface area contributed by atoms with Crippen molar-refractivity contribution in [1.29, 1.82) is 0 Å². The van der Waals surface area contributed by atoms with Crippen LogP contribution in [-0.2, 0) is 0 Å². The zero-order chi connectivity index (χ0) is 13.3. The Morgan fingerprint density at radius 1 is 1.33 bits per heavy atom. The lowest BCUT2D eigenvalue weighted by atomic mass is 9.87. The molecule has 2 atom stereocenters. The van der Waals surface area contributed by atoms with E-state index in [-0.39, 0.29) is 22.4 Å². The van der Waals surface area contributed by atoms with Crippen molar-refractivity contribution in [2.45, 2.75) is 38.6 Å². The van der Waals surface area contributed by atoms with Crippen LogP contribution in [0.1, 0.15) is 32.6 Å². The molecule has 0 spiro atoms. The molecule has 0 aromatic heterocycles. The second kappa shape index (κ2) is 5.22. The monoisotopic (exact) mass is 271 g/mol. The van der Waals surface area contributed by atoms with Gasteiger partial charge in [-0.3, -0.25) is 0 Å². The van der Waals surface area contributed by atoms with Crippen LogP contribution in [0.25, 0.3) is 0 Å². The Hall–Kier alpha value is -1.16. The maximum Gasteiger partial charge on any atom is 0.169 e. The summed E-state index contributed by atoms with van der Waals surface area (Å²) >= 11 is 5.81. The van der Waals surface area contributed by atoms with E-state index in [1.54, 1.807) is 0 Å². The lowest BCUT2D eigenvalue weighted by Crippen LogP contribution is -2.27. The van der Waals surface area contributed by atoms with Gasteiger partial charge in [0.25, 0.3) is 0 Å². The van der Waals surface area contributed by atoms with Crippen molar-refractivity contribution < 1.29 is 4.39 Å². The Kier molecular flexibility index (Phi) is 3.85. The lowest BCUT2D eigenvalue weighted by Gasteiger charge is -2.29. The summed E-state index contributed by atoms with van der Waals surface area (Å²) in [5.74, 6) is 0.109. The molecule has 5 N–H and O–H groups in total. The van der Waals surface area contributed by atoms with Crippen molar-refractivity contribution in [3.05, 3.63) is 16.9 Å². The van der Waals surface area contributed by atoms with Gasteiger partial charge >= 0.3 is 0 Å². The van der Waals surface area contributed by atoms with Crippen LogP contribution >= 0.6 is 11.6 Å². The predicted octanol–water partition coefficient (Wildman–Crippen LogP) is 3.63. The first-order valence-electron chi connectivity index (χ1n) is 6.28. The van der Waals surface area contributed by atoms with Gasteiger partial charge in [0.05, 0.1) is 17.1 Å². The summed E-state index contributed by atoms with van der Waals surface area (Å²) in [4.78, 5) is 0. The third-order valence-electron chi connectivity index (χ3n) is 3.55. The molecule has 2 unspecified atom stereocenters. The number of benzene rings is 1. The molecule has 1 aliphatic carbocycles. The summed E-state index contributed by atoms with van der Waals surface area (Å²) in [6.07, 6.45) is 4.45. The molecule has 1 aromatic rings. The minimum Gasteiger partial charge on any atom is -0.397 e. The van der Waals surface area contributed by atoms with Gasteiger partial charge in [-0.05, 0) is 24.8 Å². The average Bonchev–Trinajstić information content (AvgIpc) is 2.32. The van der Waals surface area contributed by atoms with Crippen LogP contribution in [0.3, 0.4) is 0 Å². The SMILES string of the molecule is CC1CCCC(Nc2c(N)cc(N)c(Cl)c2F)C1. The Balaban J connectivity index is 2.21. The zero-order valence-electron chi connectivity index (χ0n) is 10.5. The molecule has 0 bridgehead atoms. The van der Waals surface area contributed by atoms with E-state index in [1.165, 1.54) is 12.5 Å². The molecular formula is C13H19ClFN3.